The minimum absolute atomic E-state index is 0. The first kappa shape index (κ1) is 11.6. The van der Waals surface area contributed by atoms with Gasteiger partial charge in [0.25, 0.3) is 0 Å². The van der Waals surface area contributed by atoms with Gasteiger partial charge in [-0.1, -0.05) is 23.9 Å². The molecule has 5 heteroatoms. The fourth-order valence-electron chi connectivity index (χ4n) is 2.04. The average molecular weight is 257 g/mol. The zero-order valence-corrected chi connectivity index (χ0v) is 10.5. The first-order valence-electron chi connectivity index (χ1n) is 4.91. The lowest BCUT2D eigenvalue weighted by molar-refractivity contribution is 0.141. The van der Waals surface area contributed by atoms with Crippen LogP contribution in [-0.2, 0) is 0 Å². The van der Waals surface area contributed by atoms with Crippen molar-refractivity contribution in [3.63, 3.8) is 0 Å². The van der Waals surface area contributed by atoms with Gasteiger partial charge in [-0.15, -0.1) is 12.4 Å². The fourth-order valence-corrected chi connectivity index (χ4v) is 3.36. The van der Waals surface area contributed by atoms with Crippen LogP contribution in [0.25, 0.3) is 0 Å². The number of allylic oxidation sites excluding steroid dienone is 1. The number of thioether (sulfide) groups is 1. The third-order valence-electron chi connectivity index (χ3n) is 2.81. The van der Waals surface area contributed by atoms with Gasteiger partial charge in [0.05, 0.1) is 5.69 Å². The molecule has 0 saturated heterocycles. The number of anilines is 1. The van der Waals surface area contributed by atoms with Crippen LogP contribution in [0.4, 0.5) is 5.69 Å². The number of rotatable bonds is 1. The van der Waals surface area contributed by atoms with Crippen LogP contribution in [0, 0.1) is 0 Å². The van der Waals surface area contributed by atoms with Crippen molar-refractivity contribution in [3.05, 3.63) is 36.2 Å². The Balaban J connectivity index is 0.000000963. The topological polar surface area (TPSA) is 26.7 Å². The van der Waals surface area contributed by atoms with Gasteiger partial charge in [-0.3, -0.25) is 0 Å². The van der Waals surface area contributed by atoms with Crippen LogP contribution >= 0.6 is 24.2 Å². The van der Waals surface area contributed by atoms with E-state index < -0.39 is 0 Å². The van der Waals surface area contributed by atoms with E-state index in [1.807, 2.05) is 24.0 Å². The number of halogens is 1. The Labute approximate surface area is 105 Å². The molecule has 1 atom stereocenters. The number of aliphatic hydroxyl groups is 1. The lowest BCUT2D eigenvalue weighted by Gasteiger charge is -2.25. The van der Waals surface area contributed by atoms with Gasteiger partial charge in [0, 0.05) is 16.8 Å². The summed E-state index contributed by atoms with van der Waals surface area (Å²) in [6.45, 7) is 2.10. The Kier molecular flexibility index (Phi) is 3.06. The van der Waals surface area contributed by atoms with Gasteiger partial charge >= 0.3 is 0 Å². The molecule has 0 amide bonds. The van der Waals surface area contributed by atoms with Crippen molar-refractivity contribution in [2.24, 2.45) is 0 Å². The van der Waals surface area contributed by atoms with E-state index in [2.05, 4.69) is 23.2 Å². The summed E-state index contributed by atoms with van der Waals surface area (Å²) in [4.78, 5) is 5.49. The number of fused-ring (bicyclic) bond motifs is 3. The quantitative estimate of drug-likeness (QED) is 0.835. The number of para-hydroxylation sites is 1. The van der Waals surface area contributed by atoms with E-state index in [-0.39, 0.29) is 24.6 Å². The van der Waals surface area contributed by atoms with Gasteiger partial charge in [0.1, 0.15) is 6.73 Å². The molecule has 0 aromatic heterocycles. The molecule has 0 spiro atoms. The molecule has 1 aromatic carbocycles. The summed E-state index contributed by atoms with van der Waals surface area (Å²) >= 11 is 1.78. The van der Waals surface area contributed by atoms with Gasteiger partial charge in [0.15, 0.2) is 5.50 Å². The van der Waals surface area contributed by atoms with Crippen LogP contribution in [-0.4, -0.2) is 22.2 Å². The summed E-state index contributed by atoms with van der Waals surface area (Å²) < 4.78 is 0. The molecular formula is C11H13ClN2OS. The molecule has 0 aliphatic carbocycles. The van der Waals surface area contributed by atoms with Gasteiger partial charge in [-0.05, 0) is 19.1 Å². The Bertz CT molecular complexity index is 438. The Morgan fingerprint density at radius 2 is 2.12 bits per heavy atom. The highest BCUT2D eigenvalue weighted by Gasteiger charge is 2.37. The molecule has 2 heterocycles. The van der Waals surface area contributed by atoms with Crippen LogP contribution in [0.1, 0.15) is 6.92 Å². The molecule has 1 unspecified atom stereocenters. The van der Waals surface area contributed by atoms with Gasteiger partial charge < -0.3 is 14.9 Å². The Morgan fingerprint density at radius 3 is 2.88 bits per heavy atom. The second kappa shape index (κ2) is 4.20. The zero-order chi connectivity index (χ0) is 10.4. The van der Waals surface area contributed by atoms with Crippen LogP contribution in [0.2, 0.25) is 0 Å². The number of hydrogen-bond acceptors (Lipinski definition) is 4. The summed E-state index contributed by atoms with van der Waals surface area (Å²) in [6.07, 6.45) is 2.10. The van der Waals surface area contributed by atoms with E-state index in [0.717, 1.165) is 5.70 Å². The van der Waals surface area contributed by atoms with Crippen molar-refractivity contribution in [2.45, 2.75) is 17.3 Å². The third-order valence-corrected chi connectivity index (χ3v) is 4.10. The number of nitrogens with zero attached hydrogens (tertiary/aromatic N) is 2. The second-order valence-corrected chi connectivity index (χ2v) is 4.80. The molecule has 1 aromatic rings. The maximum Gasteiger partial charge on any atom is 0.160 e. The summed E-state index contributed by atoms with van der Waals surface area (Å²) in [5, 5.41) is 9.31. The molecule has 2 aliphatic heterocycles. The van der Waals surface area contributed by atoms with Crippen LogP contribution in [0.3, 0.4) is 0 Å². The van der Waals surface area contributed by atoms with Crippen LogP contribution in [0.15, 0.2) is 41.1 Å². The molecule has 1 N–H and O–H groups in total. The lowest BCUT2D eigenvalue weighted by atomic mass is 10.3. The molecule has 0 radical (unpaired) electrons. The van der Waals surface area contributed by atoms with E-state index in [0.29, 0.717) is 0 Å². The van der Waals surface area contributed by atoms with Crippen LogP contribution < -0.4 is 4.90 Å². The number of benzene rings is 1. The molecule has 3 rings (SSSR count). The molecule has 0 fully saturated rings. The minimum Gasteiger partial charge on any atom is -0.376 e. The maximum atomic E-state index is 9.31. The monoisotopic (exact) mass is 256 g/mol. The van der Waals surface area contributed by atoms with Crippen molar-refractivity contribution in [3.8, 4) is 0 Å². The predicted molar refractivity (Wildman–Crippen MR) is 68.5 cm³/mol. The second-order valence-electron chi connectivity index (χ2n) is 3.70. The van der Waals surface area contributed by atoms with E-state index in [1.165, 1.54) is 10.6 Å². The van der Waals surface area contributed by atoms with Crippen molar-refractivity contribution in [2.75, 3.05) is 11.6 Å². The van der Waals surface area contributed by atoms with E-state index in [9.17, 15) is 5.11 Å². The summed E-state index contributed by atoms with van der Waals surface area (Å²) in [5.74, 6) is 0. The average Bonchev–Trinajstić information content (AvgIpc) is 2.72. The summed E-state index contributed by atoms with van der Waals surface area (Å²) in [5.41, 5.74) is 2.56. The van der Waals surface area contributed by atoms with Crippen LogP contribution in [0.5, 0.6) is 0 Å². The molecule has 3 nitrogen and oxygen atoms in total. The first-order valence-corrected chi connectivity index (χ1v) is 5.79. The van der Waals surface area contributed by atoms with Gasteiger partial charge in [-0.2, -0.15) is 0 Å². The summed E-state index contributed by atoms with van der Waals surface area (Å²) in [6, 6.07) is 8.34. The molecule has 0 bridgehead atoms. The molecular weight excluding hydrogens is 244 g/mol. The molecule has 16 heavy (non-hydrogen) atoms. The van der Waals surface area contributed by atoms with E-state index >= 15 is 0 Å². The minimum atomic E-state index is 0. The zero-order valence-electron chi connectivity index (χ0n) is 8.83. The van der Waals surface area contributed by atoms with Crippen molar-refractivity contribution in [1.82, 2.24) is 4.90 Å². The smallest absolute Gasteiger partial charge is 0.160 e. The van der Waals surface area contributed by atoms with Crippen molar-refractivity contribution in [1.29, 1.82) is 0 Å². The van der Waals surface area contributed by atoms with E-state index in [1.54, 1.807) is 11.8 Å². The lowest BCUT2D eigenvalue weighted by Crippen LogP contribution is -2.34. The predicted octanol–water partition coefficient (Wildman–Crippen LogP) is 2.43. The Morgan fingerprint density at radius 1 is 1.38 bits per heavy atom. The largest absolute Gasteiger partial charge is 0.376 e. The van der Waals surface area contributed by atoms with E-state index in [4.69, 9.17) is 0 Å². The van der Waals surface area contributed by atoms with Gasteiger partial charge in [-0.25, -0.2) is 0 Å². The van der Waals surface area contributed by atoms with Gasteiger partial charge in [0.2, 0.25) is 0 Å². The highest BCUT2D eigenvalue weighted by atomic mass is 35.5. The summed E-state index contributed by atoms with van der Waals surface area (Å²) in [7, 11) is 0. The standard InChI is InChI=1S/C11H12N2OS.ClH/c1-8-6-12-9-4-2-3-5-10(9)15-11(12)13(8)7-14;/h2-6,11,14H,7H2,1H3;1H. The maximum absolute atomic E-state index is 9.31. The Hall–Kier alpha value is -0.840. The normalized spacial score (nSPS) is 21.4. The number of aliphatic hydroxyl groups excluding tert-OH is 1. The molecule has 0 saturated carbocycles. The fraction of sp³-hybridized carbons (Fsp3) is 0.273. The SMILES string of the molecule is CC1=CN2c3ccccc3SC2N1CO.Cl. The highest BCUT2D eigenvalue weighted by Crippen LogP contribution is 2.48. The molecule has 86 valence electrons. The van der Waals surface area contributed by atoms with Crippen molar-refractivity contribution >= 4 is 29.9 Å². The third kappa shape index (κ3) is 1.49. The highest BCUT2D eigenvalue weighted by molar-refractivity contribution is 8.00. The van der Waals surface area contributed by atoms with Crippen molar-refractivity contribution < 1.29 is 5.11 Å². The first-order chi connectivity index (χ1) is 7.31. The number of hydrogen-bond donors (Lipinski definition) is 1. The molecule has 2 aliphatic rings.